The molecule has 1 fully saturated rings. The van der Waals surface area contributed by atoms with Crippen molar-refractivity contribution < 1.29 is 8.78 Å². The molecular weight excluding hydrogens is 338 g/mol. The minimum absolute atomic E-state index is 0.170. The summed E-state index contributed by atoms with van der Waals surface area (Å²) in [5, 5.41) is 3.29. The van der Waals surface area contributed by atoms with Gasteiger partial charge in [-0.25, -0.2) is 8.78 Å². The van der Waals surface area contributed by atoms with Crippen LogP contribution in [0.3, 0.4) is 0 Å². The van der Waals surface area contributed by atoms with E-state index in [-0.39, 0.29) is 11.6 Å². The molecule has 0 aliphatic carbocycles. The van der Waals surface area contributed by atoms with Crippen molar-refractivity contribution in [3.63, 3.8) is 0 Å². The number of rotatable bonds is 6. The van der Waals surface area contributed by atoms with Crippen molar-refractivity contribution in [2.45, 2.75) is 38.6 Å². The van der Waals surface area contributed by atoms with Gasteiger partial charge in [0.15, 0.2) is 0 Å². The second-order valence-corrected chi connectivity index (χ2v) is 6.41. The number of piperazine rings is 1. The summed E-state index contributed by atoms with van der Waals surface area (Å²) in [5.74, 6) is -0.884. The van der Waals surface area contributed by atoms with Crippen molar-refractivity contribution in [3.8, 4) is 0 Å². The summed E-state index contributed by atoms with van der Waals surface area (Å²) in [5.41, 5.74) is 0.224. The van der Waals surface area contributed by atoms with Gasteiger partial charge in [0.1, 0.15) is 11.6 Å². The SMILES string of the molecule is CCCCC[C@@H](c1c(F)ccc(Br)c1F)N1CCNCC1. The number of hydrogen-bond donors (Lipinski definition) is 1. The third kappa shape index (κ3) is 4.24. The molecule has 0 saturated carbocycles. The van der Waals surface area contributed by atoms with Gasteiger partial charge in [0, 0.05) is 37.8 Å². The first kappa shape index (κ1) is 16.8. The lowest BCUT2D eigenvalue weighted by Crippen LogP contribution is -2.45. The predicted octanol–water partition coefficient (Wildman–Crippen LogP) is 4.25. The van der Waals surface area contributed by atoms with E-state index in [0.717, 1.165) is 51.9 Å². The van der Waals surface area contributed by atoms with Crippen LogP contribution in [-0.4, -0.2) is 31.1 Å². The zero-order chi connectivity index (χ0) is 15.2. The number of unbranched alkanes of at least 4 members (excludes halogenated alkanes) is 2. The van der Waals surface area contributed by atoms with Crippen LogP contribution in [0.1, 0.15) is 44.2 Å². The molecule has 2 nitrogen and oxygen atoms in total. The topological polar surface area (TPSA) is 15.3 Å². The zero-order valence-electron chi connectivity index (χ0n) is 12.5. The van der Waals surface area contributed by atoms with Gasteiger partial charge in [0.2, 0.25) is 0 Å². The van der Waals surface area contributed by atoms with Crippen molar-refractivity contribution in [2.75, 3.05) is 26.2 Å². The van der Waals surface area contributed by atoms with Crippen molar-refractivity contribution in [1.29, 1.82) is 0 Å². The Balaban J connectivity index is 2.27. The van der Waals surface area contributed by atoms with Gasteiger partial charge in [-0.2, -0.15) is 0 Å². The van der Waals surface area contributed by atoms with Gasteiger partial charge in [-0.3, -0.25) is 4.90 Å². The van der Waals surface area contributed by atoms with Crippen molar-refractivity contribution in [2.24, 2.45) is 0 Å². The number of halogens is 3. The standard InChI is InChI=1S/C16H23BrF2N2/c1-2-3-4-5-14(21-10-8-20-9-11-21)15-13(18)7-6-12(17)16(15)19/h6-7,14,20H,2-5,8-11H2,1H3/t14-/m0/s1. The summed E-state index contributed by atoms with van der Waals surface area (Å²) in [6, 6.07) is 2.63. The highest BCUT2D eigenvalue weighted by Crippen LogP contribution is 2.33. The van der Waals surface area contributed by atoms with Gasteiger partial charge < -0.3 is 5.32 Å². The van der Waals surface area contributed by atoms with Gasteiger partial charge in [0.25, 0.3) is 0 Å². The molecule has 0 unspecified atom stereocenters. The molecule has 1 aliphatic heterocycles. The Hall–Kier alpha value is -0.520. The summed E-state index contributed by atoms with van der Waals surface area (Å²) < 4.78 is 29.0. The maximum atomic E-state index is 14.4. The minimum atomic E-state index is -0.449. The lowest BCUT2D eigenvalue weighted by Gasteiger charge is -2.35. The number of hydrogen-bond acceptors (Lipinski definition) is 2. The Bertz CT molecular complexity index is 462. The van der Waals surface area contributed by atoms with Gasteiger partial charge in [-0.05, 0) is 34.5 Å². The molecule has 0 spiro atoms. The van der Waals surface area contributed by atoms with Crippen LogP contribution in [0.5, 0.6) is 0 Å². The smallest absolute Gasteiger partial charge is 0.145 e. The molecule has 1 heterocycles. The average Bonchev–Trinajstić information content (AvgIpc) is 2.51. The van der Waals surface area contributed by atoms with Crippen LogP contribution in [0.25, 0.3) is 0 Å². The zero-order valence-corrected chi connectivity index (χ0v) is 14.1. The fraction of sp³-hybridized carbons (Fsp3) is 0.625. The molecule has 0 amide bonds. The molecule has 1 saturated heterocycles. The molecule has 1 aromatic carbocycles. The van der Waals surface area contributed by atoms with E-state index in [4.69, 9.17) is 0 Å². The Morgan fingerprint density at radius 1 is 1.24 bits per heavy atom. The quantitative estimate of drug-likeness (QED) is 0.602. The molecule has 1 atom stereocenters. The summed E-state index contributed by atoms with van der Waals surface area (Å²) in [6.07, 6.45) is 4.01. The van der Waals surface area contributed by atoms with Crippen LogP contribution in [0, 0.1) is 11.6 Å². The third-order valence-electron chi connectivity index (χ3n) is 4.09. The van der Waals surface area contributed by atoms with Crippen LogP contribution in [-0.2, 0) is 0 Å². The van der Waals surface area contributed by atoms with Gasteiger partial charge in [-0.15, -0.1) is 0 Å². The van der Waals surface area contributed by atoms with Crippen molar-refractivity contribution in [3.05, 3.63) is 33.8 Å². The van der Waals surface area contributed by atoms with Gasteiger partial charge >= 0.3 is 0 Å². The van der Waals surface area contributed by atoms with E-state index in [9.17, 15) is 8.78 Å². The van der Waals surface area contributed by atoms with Crippen LogP contribution < -0.4 is 5.32 Å². The number of benzene rings is 1. The summed E-state index contributed by atoms with van der Waals surface area (Å²) in [4.78, 5) is 2.21. The summed E-state index contributed by atoms with van der Waals surface area (Å²) >= 11 is 3.18. The van der Waals surface area contributed by atoms with E-state index in [0.29, 0.717) is 4.47 Å². The van der Waals surface area contributed by atoms with E-state index >= 15 is 0 Å². The highest BCUT2D eigenvalue weighted by molar-refractivity contribution is 9.10. The Morgan fingerprint density at radius 2 is 1.95 bits per heavy atom. The molecule has 5 heteroatoms. The van der Waals surface area contributed by atoms with Crippen LogP contribution in [0.2, 0.25) is 0 Å². The average molecular weight is 361 g/mol. The van der Waals surface area contributed by atoms with E-state index in [1.54, 1.807) is 0 Å². The minimum Gasteiger partial charge on any atom is -0.314 e. The lowest BCUT2D eigenvalue weighted by molar-refractivity contribution is 0.156. The Kier molecular flexibility index (Phi) is 6.58. The second-order valence-electron chi connectivity index (χ2n) is 5.55. The second kappa shape index (κ2) is 8.20. The maximum absolute atomic E-state index is 14.4. The number of nitrogens with zero attached hydrogens (tertiary/aromatic N) is 1. The molecule has 1 aromatic rings. The lowest BCUT2D eigenvalue weighted by atomic mass is 9.97. The molecule has 2 rings (SSSR count). The van der Waals surface area contributed by atoms with Crippen LogP contribution in [0.4, 0.5) is 8.78 Å². The number of nitrogens with one attached hydrogen (secondary N) is 1. The van der Waals surface area contributed by atoms with E-state index in [1.807, 2.05) is 0 Å². The van der Waals surface area contributed by atoms with E-state index in [1.165, 1.54) is 12.1 Å². The van der Waals surface area contributed by atoms with E-state index in [2.05, 4.69) is 33.1 Å². The summed E-state index contributed by atoms with van der Waals surface area (Å²) in [6.45, 7) is 5.56. The normalized spacial score (nSPS) is 17.9. The van der Waals surface area contributed by atoms with Crippen LogP contribution in [0.15, 0.2) is 16.6 Å². The predicted molar refractivity (Wildman–Crippen MR) is 85.4 cm³/mol. The fourth-order valence-corrected chi connectivity index (χ4v) is 3.28. The molecule has 21 heavy (non-hydrogen) atoms. The molecular formula is C16H23BrF2N2. The largest absolute Gasteiger partial charge is 0.314 e. The molecule has 118 valence electrons. The van der Waals surface area contributed by atoms with Crippen molar-refractivity contribution >= 4 is 15.9 Å². The first-order chi connectivity index (χ1) is 10.1. The van der Waals surface area contributed by atoms with Gasteiger partial charge in [-0.1, -0.05) is 26.2 Å². The first-order valence-corrected chi connectivity index (χ1v) is 8.52. The molecule has 0 bridgehead atoms. The molecule has 0 radical (unpaired) electrons. The summed E-state index contributed by atoms with van der Waals surface area (Å²) in [7, 11) is 0. The maximum Gasteiger partial charge on any atom is 0.145 e. The Morgan fingerprint density at radius 3 is 2.62 bits per heavy atom. The molecule has 0 aromatic heterocycles. The van der Waals surface area contributed by atoms with Crippen LogP contribution >= 0.6 is 15.9 Å². The van der Waals surface area contributed by atoms with Gasteiger partial charge in [0.05, 0.1) is 4.47 Å². The first-order valence-electron chi connectivity index (χ1n) is 7.73. The highest BCUT2D eigenvalue weighted by atomic mass is 79.9. The molecule has 1 aliphatic rings. The highest BCUT2D eigenvalue weighted by Gasteiger charge is 2.28. The molecule has 1 N–H and O–H groups in total. The monoisotopic (exact) mass is 360 g/mol. The van der Waals surface area contributed by atoms with E-state index < -0.39 is 11.6 Å². The third-order valence-corrected chi connectivity index (χ3v) is 4.70. The fourth-order valence-electron chi connectivity index (χ4n) is 2.94. The Labute approximate surface area is 134 Å². The van der Waals surface area contributed by atoms with Crippen molar-refractivity contribution in [1.82, 2.24) is 10.2 Å².